The number of halogens is 2. The molecule has 1 N–H and O–H groups in total. The Balaban J connectivity index is 0.00000420. The van der Waals surface area contributed by atoms with Gasteiger partial charge in [-0.25, -0.2) is 12.8 Å². The van der Waals surface area contributed by atoms with Crippen molar-refractivity contribution in [3.8, 4) is 5.75 Å². The van der Waals surface area contributed by atoms with Gasteiger partial charge in [-0.1, -0.05) is 24.3 Å². The summed E-state index contributed by atoms with van der Waals surface area (Å²) >= 11 is 0. The van der Waals surface area contributed by atoms with E-state index < -0.39 is 15.7 Å². The summed E-state index contributed by atoms with van der Waals surface area (Å²) in [5, 5.41) is 3.14. The summed E-state index contributed by atoms with van der Waals surface area (Å²) < 4.78 is 43.6. The normalized spacial score (nSPS) is 11.5. The zero-order valence-electron chi connectivity index (χ0n) is 16.8. The SMILES string of the molecule is CCNC(=NCCS(=O)(=O)c1ccccc1F)N(C)Cc1ccc(OC)cc1.I. The number of hydrogen-bond acceptors (Lipinski definition) is 4. The molecule has 6 nitrogen and oxygen atoms in total. The lowest BCUT2D eigenvalue weighted by Gasteiger charge is -2.22. The molecule has 2 aromatic rings. The molecule has 0 unspecified atom stereocenters. The number of hydrogen-bond donors (Lipinski definition) is 1. The summed E-state index contributed by atoms with van der Waals surface area (Å²) in [7, 11) is -0.247. The number of aliphatic imine (C=N–C) groups is 1. The van der Waals surface area contributed by atoms with Gasteiger partial charge in [-0.3, -0.25) is 4.99 Å². The minimum atomic E-state index is -3.74. The van der Waals surface area contributed by atoms with Crippen molar-refractivity contribution in [2.45, 2.75) is 18.4 Å². The lowest BCUT2D eigenvalue weighted by Crippen LogP contribution is -2.38. The maximum Gasteiger partial charge on any atom is 0.193 e. The van der Waals surface area contributed by atoms with Gasteiger partial charge in [-0.05, 0) is 36.8 Å². The van der Waals surface area contributed by atoms with Gasteiger partial charge in [0.1, 0.15) is 16.5 Å². The number of benzene rings is 2. The third-order valence-electron chi connectivity index (χ3n) is 4.07. The maximum absolute atomic E-state index is 13.8. The molecule has 2 aromatic carbocycles. The first kappa shape index (κ1) is 25.2. The predicted molar refractivity (Wildman–Crippen MR) is 124 cm³/mol. The number of nitrogens with one attached hydrogen (secondary N) is 1. The summed E-state index contributed by atoms with van der Waals surface area (Å²) in [6.07, 6.45) is 0. The molecule has 0 saturated carbocycles. The smallest absolute Gasteiger partial charge is 0.193 e. The molecule has 0 amide bonds. The lowest BCUT2D eigenvalue weighted by atomic mass is 10.2. The highest BCUT2D eigenvalue weighted by atomic mass is 127. The van der Waals surface area contributed by atoms with Crippen LogP contribution < -0.4 is 10.1 Å². The van der Waals surface area contributed by atoms with Crippen LogP contribution in [0.25, 0.3) is 0 Å². The van der Waals surface area contributed by atoms with Crippen LogP contribution in [0.1, 0.15) is 12.5 Å². The Kier molecular flexibility index (Phi) is 10.4. The second-order valence-electron chi connectivity index (χ2n) is 6.19. The van der Waals surface area contributed by atoms with Crippen molar-refractivity contribution in [2.75, 3.05) is 33.0 Å². The summed E-state index contributed by atoms with van der Waals surface area (Å²) in [5.74, 6) is 0.363. The lowest BCUT2D eigenvalue weighted by molar-refractivity contribution is 0.414. The fraction of sp³-hybridized carbons (Fsp3) is 0.350. The third kappa shape index (κ3) is 7.46. The van der Waals surface area contributed by atoms with E-state index in [4.69, 9.17) is 4.74 Å². The molecular weight excluding hydrogens is 508 g/mol. The fourth-order valence-electron chi connectivity index (χ4n) is 2.63. The van der Waals surface area contributed by atoms with Crippen molar-refractivity contribution in [3.05, 3.63) is 59.9 Å². The van der Waals surface area contributed by atoms with Gasteiger partial charge in [0, 0.05) is 20.1 Å². The first-order chi connectivity index (χ1) is 13.4. The number of rotatable bonds is 8. The molecule has 0 aromatic heterocycles. The molecule has 160 valence electrons. The van der Waals surface area contributed by atoms with E-state index in [9.17, 15) is 12.8 Å². The highest BCUT2D eigenvalue weighted by molar-refractivity contribution is 14.0. The van der Waals surface area contributed by atoms with Crippen molar-refractivity contribution in [2.24, 2.45) is 4.99 Å². The van der Waals surface area contributed by atoms with E-state index in [-0.39, 0.29) is 41.2 Å². The number of sulfone groups is 1. The Morgan fingerprint density at radius 1 is 1.17 bits per heavy atom. The van der Waals surface area contributed by atoms with Crippen molar-refractivity contribution in [1.82, 2.24) is 10.2 Å². The highest BCUT2D eigenvalue weighted by Crippen LogP contribution is 2.15. The molecule has 0 atom stereocenters. The van der Waals surface area contributed by atoms with E-state index in [2.05, 4.69) is 10.3 Å². The van der Waals surface area contributed by atoms with Crippen molar-refractivity contribution in [3.63, 3.8) is 0 Å². The Hall–Kier alpha value is -1.88. The van der Waals surface area contributed by atoms with Crippen molar-refractivity contribution in [1.29, 1.82) is 0 Å². The van der Waals surface area contributed by atoms with E-state index in [0.717, 1.165) is 17.4 Å². The fourth-order valence-corrected chi connectivity index (χ4v) is 3.83. The summed E-state index contributed by atoms with van der Waals surface area (Å²) in [6, 6.07) is 13.1. The van der Waals surface area contributed by atoms with Crippen LogP contribution in [-0.4, -0.2) is 52.3 Å². The number of nitrogens with zero attached hydrogens (tertiary/aromatic N) is 2. The second-order valence-corrected chi connectivity index (χ2v) is 8.27. The molecule has 9 heteroatoms. The van der Waals surface area contributed by atoms with Crippen LogP contribution in [0.3, 0.4) is 0 Å². The second kappa shape index (κ2) is 12.0. The van der Waals surface area contributed by atoms with Crippen LogP contribution >= 0.6 is 24.0 Å². The van der Waals surface area contributed by atoms with Crippen LogP contribution in [0.4, 0.5) is 4.39 Å². The molecule has 0 saturated heterocycles. The molecule has 0 aliphatic rings. The van der Waals surface area contributed by atoms with Gasteiger partial charge in [0.05, 0.1) is 19.4 Å². The zero-order valence-corrected chi connectivity index (χ0v) is 19.9. The van der Waals surface area contributed by atoms with Crippen LogP contribution in [0.5, 0.6) is 5.75 Å². The van der Waals surface area contributed by atoms with Crippen LogP contribution in [-0.2, 0) is 16.4 Å². The van der Waals surface area contributed by atoms with Crippen LogP contribution in [0.15, 0.2) is 58.4 Å². The highest BCUT2D eigenvalue weighted by Gasteiger charge is 2.18. The van der Waals surface area contributed by atoms with Gasteiger partial charge in [-0.2, -0.15) is 0 Å². The van der Waals surface area contributed by atoms with Gasteiger partial charge < -0.3 is 15.0 Å². The van der Waals surface area contributed by atoms with E-state index in [0.29, 0.717) is 19.0 Å². The largest absolute Gasteiger partial charge is 0.497 e. The molecule has 0 bridgehead atoms. The van der Waals surface area contributed by atoms with Crippen molar-refractivity contribution < 1.29 is 17.5 Å². The first-order valence-electron chi connectivity index (χ1n) is 8.97. The molecule has 0 aliphatic carbocycles. The van der Waals surface area contributed by atoms with E-state index in [1.807, 2.05) is 43.1 Å². The molecule has 29 heavy (non-hydrogen) atoms. The minimum absolute atomic E-state index is 0. The Bertz CT molecular complexity index is 905. The topological polar surface area (TPSA) is 71.0 Å². The van der Waals surface area contributed by atoms with Crippen molar-refractivity contribution >= 4 is 39.8 Å². The Labute approximate surface area is 189 Å². The number of guanidine groups is 1. The standard InChI is InChI=1S/C20H26FN3O3S.HI/c1-4-22-20(24(2)15-16-9-11-17(27-3)12-10-16)23-13-14-28(25,26)19-8-6-5-7-18(19)21;/h5-12H,4,13-15H2,1-3H3,(H,22,23);1H. The zero-order chi connectivity index (χ0) is 20.6. The molecule has 0 fully saturated rings. The summed E-state index contributed by atoms with van der Waals surface area (Å²) in [4.78, 5) is 6.00. The average molecular weight is 535 g/mol. The maximum atomic E-state index is 13.8. The Morgan fingerprint density at radius 2 is 1.83 bits per heavy atom. The monoisotopic (exact) mass is 535 g/mol. The number of ether oxygens (including phenoxy) is 1. The van der Waals surface area contributed by atoms with Crippen LogP contribution in [0.2, 0.25) is 0 Å². The predicted octanol–water partition coefficient (Wildman–Crippen LogP) is 3.32. The van der Waals surface area contributed by atoms with E-state index in [1.165, 1.54) is 18.2 Å². The average Bonchev–Trinajstić information content (AvgIpc) is 2.68. The third-order valence-corrected chi connectivity index (χ3v) is 5.79. The molecule has 0 heterocycles. The molecule has 2 rings (SSSR count). The van der Waals surface area contributed by atoms with Gasteiger partial charge in [0.2, 0.25) is 0 Å². The van der Waals surface area contributed by atoms with Crippen LogP contribution in [0, 0.1) is 5.82 Å². The Morgan fingerprint density at radius 3 is 2.41 bits per heavy atom. The quantitative estimate of drug-likeness (QED) is 0.319. The first-order valence-corrected chi connectivity index (χ1v) is 10.6. The molecule has 0 spiro atoms. The molecule has 0 aliphatic heterocycles. The van der Waals surface area contributed by atoms with Gasteiger partial charge in [0.15, 0.2) is 15.8 Å². The summed E-state index contributed by atoms with van der Waals surface area (Å²) in [5.41, 5.74) is 1.06. The summed E-state index contributed by atoms with van der Waals surface area (Å²) in [6.45, 7) is 3.21. The molecule has 0 radical (unpaired) electrons. The van der Waals surface area contributed by atoms with Gasteiger partial charge in [0.25, 0.3) is 0 Å². The van der Waals surface area contributed by atoms with Gasteiger partial charge >= 0.3 is 0 Å². The van der Waals surface area contributed by atoms with E-state index in [1.54, 1.807) is 7.11 Å². The van der Waals surface area contributed by atoms with E-state index >= 15 is 0 Å². The van der Waals surface area contributed by atoms with Gasteiger partial charge in [-0.15, -0.1) is 24.0 Å². The minimum Gasteiger partial charge on any atom is -0.497 e. The molecular formula is C20H27FIN3O3S. The number of methoxy groups -OCH3 is 1.